The van der Waals surface area contributed by atoms with E-state index in [1.54, 1.807) is 0 Å². The summed E-state index contributed by atoms with van der Waals surface area (Å²) in [6.45, 7) is 0. The molecular weight excluding hydrogens is 286 g/mol. The molecule has 18 heavy (non-hydrogen) atoms. The molecule has 1 nitrogen and oxygen atoms in total. The number of rotatable bonds is 1. The smallest absolute Gasteiger partial charge is 0.255 e. The van der Waals surface area contributed by atoms with E-state index in [0.717, 1.165) is 6.07 Å². The predicted molar refractivity (Wildman–Crippen MR) is 63.5 cm³/mol. The SMILES string of the molecule is FC(F)(F)c1[c]cc(-c2nccc(Cl)c2Cl)cc1. The summed E-state index contributed by atoms with van der Waals surface area (Å²) in [7, 11) is 0. The largest absolute Gasteiger partial charge is 0.417 e. The monoisotopic (exact) mass is 290 g/mol. The molecule has 0 spiro atoms. The number of benzene rings is 1. The Morgan fingerprint density at radius 3 is 2.39 bits per heavy atom. The van der Waals surface area contributed by atoms with Gasteiger partial charge in [-0.3, -0.25) is 4.98 Å². The Bertz CT molecular complexity index is 565. The highest BCUT2D eigenvalue weighted by molar-refractivity contribution is 6.43. The highest BCUT2D eigenvalue weighted by Crippen LogP contribution is 2.34. The van der Waals surface area contributed by atoms with Crippen LogP contribution in [0, 0.1) is 6.07 Å². The Hall–Kier alpha value is -1.26. The molecule has 0 N–H and O–H groups in total. The lowest BCUT2D eigenvalue weighted by Crippen LogP contribution is -2.04. The summed E-state index contributed by atoms with van der Waals surface area (Å²) in [6.07, 6.45) is -2.98. The van der Waals surface area contributed by atoms with Crippen LogP contribution in [0.4, 0.5) is 13.2 Å². The number of pyridine rings is 1. The summed E-state index contributed by atoms with van der Waals surface area (Å²) >= 11 is 11.7. The lowest BCUT2D eigenvalue weighted by atomic mass is 10.1. The van der Waals surface area contributed by atoms with Crippen molar-refractivity contribution in [3.8, 4) is 11.3 Å². The zero-order valence-corrected chi connectivity index (χ0v) is 10.2. The Morgan fingerprint density at radius 2 is 1.83 bits per heavy atom. The third-order valence-corrected chi connectivity index (χ3v) is 3.03. The first kappa shape index (κ1) is 13.2. The van der Waals surface area contributed by atoms with Gasteiger partial charge in [-0.05, 0) is 24.3 Å². The average molecular weight is 291 g/mol. The molecule has 1 aromatic heterocycles. The van der Waals surface area contributed by atoms with Crippen molar-refractivity contribution in [2.75, 3.05) is 0 Å². The highest BCUT2D eigenvalue weighted by atomic mass is 35.5. The quantitative estimate of drug-likeness (QED) is 0.730. The normalized spacial score (nSPS) is 11.6. The van der Waals surface area contributed by atoms with Crippen molar-refractivity contribution in [2.45, 2.75) is 6.18 Å². The van der Waals surface area contributed by atoms with Gasteiger partial charge in [0.05, 0.1) is 21.3 Å². The maximum atomic E-state index is 12.4. The fourth-order valence-electron chi connectivity index (χ4n) is 1.37. The van der Waals surface area contributed by atoms with E-state index in [2.05, 4.69) is 11.1 Å². The van der Waals surface area contributed by atoms with Crippen LogP contribution in [0.25, 0.3) is 11.3 Å². The van der Waals surface area contributed by atoms with E-state index in [-0.39, 0.29) is 5.02 Å². The van der Waals surface area contributed by atoms with Crippen molar-refractivity contribution in [1.82, 2.24) is 4.98 Å². The fourth-order valence-corrected chi connectivity index (χ4v) is 1.74. The van der Waals surface area contributed by atoms with Gasteiger partial charge in [0.25, 0.3) is 0 Å². The fraction of sp³-hybridized carbons (Fsp3) is 0.0833. The zero-order valence-electron chi connectivity index (χ0n) is 8.72. The van der Waals surface area contributed by atoms with E-state index in [1.807, 2.05) is 0 Å². The van der Waals surface area contributed by atoms with Gasteiger partial charge >= 0.3 is 6.18 Å². The molecule has 6 heteroatoms. The summed E-state index contributed by atoms with van der Waals surface area (Å²) in [5, 5.41) is 0.494. The van der Waals surface area contributed by atoms with Crippen LogP contribution in [0.1, 0.15) is 5.56 Å². The molecule has 0 saturated carbocycles. The van der Waals surface area contributed by atoms with Crippen LogP contribution in [-0.2, 0) is 6.18 Å². The van der Waals surface area contributed by atoms with Gasteiger partial charge in [0.15, 0.2) is 0 Å². The van der Waals surface area contributed by atoms with Crippen LogP contribution in [0.2, 0.25) is 10.0 Å². The molecule has 0 saturated heterocycles. The maximum absolute atomic E-state index is 12.4. The third kappa shape index (κ3) is 2.60. The molecule has 2 rings (SSSR count). The lowest BCUT2D eigenvalue weighted by Gasteiger charge is -2.08. The van der Waals surface area contributed by atoms with Gasteiger partial charge in [0.1, 0.15) is 0 Å². The van der Waals surface area contributed by atoms with Gasteiger partial charge in [0, 0.05) is 11.8 Å². The molecule has 0 unspecified atom stereocenters. The second kappa shape index (κ2) is 4.78. The lowest BCUT2D eigenvalue weighted by molar-refractivity contribution is -0.137. The Morgan fingerprint density at radius 1 is 1.11 bits per heavy atom. The maximum Gasteiger partial charge on any atom is 0.417 e. The molecule has 2 aromatic rings. The predicted octanol–water partition coefficient (Wildman–Crippen LogP) is 4.87. The van der Waals surface area contributed by atoms with Gasteiger partial charge < -0.3 is 0 Å². The van der Waals surface area contributed by atoms with Crippen molar-refractivity contribution in [3.05, 3.63) is 52.1 Å². The van der Waals surface area contributed by atoms with Gasteiger partial charge in [-0.15, -0.1) is 0 Å². The minimum absolute atomic E-state index is 0.201. The molecule has 0 aliphatic carbocycles. The molecule has 1 aromatic carbocycles. The molecular formula is C12H5Cl2F3N. The number of nitrogens with zero attached hydrogens (tertiary/aromatic N) is 1. The molecule has 0 atom stereocenters. The van der Waals surface area contributed by atoms with Crippen LogP contribution in [0.15, 0.2) is 30.5 Å². The van der Waals surface area contributed by atoms with Gasteiger partial charge in [-0.25, -0.2) is 0 Å². The number of alkyl halides is 3. The first-order valence-corrected chi connectivity index (χ1v) is 5.54. The summed E-state index contributed by atoms with van der Waals surface area (Å²) in [4.78, 5) is 3.98. The second-order valence-corrected chi connectivity index (χ2v) is 4.23. The molecule has 1 radical (unpaired) electrons. The highest BCUT2D eigenvalue weighted by Gasteiger charge is 2.30. The first-order valence-electron chi connectivity index (χ1n) is 4.79. The van der Waals surface area contributed by atoms with Gasteiger partial charge in [0.2, 0.25) is 0 Å². The molecule has 0 aliphatic heterocycles. The number of hydrogen-bond donors (Lipinski definition) is 0. The molecule has 0 fully saturated rings. The second-order valence-electron chi connectivity index (χ2n) is 3.44. The number of hydrogen-bond acceptors (Lipinski definition) is 1. The standard InChI is InChI=1S/C12H5Cl2F3N/c13-9-5-6-18-11(10(9)14)7-1-3-8(4-2-7)12(15,16)17/h1-3,5-6H. The van der Waals surface area contributed by atoms with Gasteiger partial charge in [-0.1, -0.05) is 29.3 Å². The minimum atomic E-state index is -4.41. The van der Waals surface area contributed by atoms with Crippen molar-refractivity contribution >= 4 is 23.2 Å². The Kier molecular flexibility index (Phi) is 3.50. The van der Waals surface area contributed by atoms with E-state index in [9.17, 15) is 13.2 Å². The van der Waals surface area contributed by atoms with E-state index in [1.165, 1.54) is 24.4 Å². The van der Waals surface area contributed by atoms with Crippen LogP contribution in [0.5, 0.6) is 0 Å². The summed E-state index contributed by atoms with van der Waals surface area (Å²) in [6, 6.07) is 7.05. The number of halogens is 5. The summed E-state index contributed by atoms with van der Waals surface area (Å²) in [5.41, 5.74) is -0.0889. The summed E-state index contributed by atoms with van der Waals surface area (Å²) in [5.74, 6) is 0. The van der Waals surface area contributed by atoms with Crippen molar-refractivity contribution in [3.63, 3.8) is 0 Å². The van der Waals surface area contributed by atoms with Crippen LogP contribution < -0.4 is 0 Å². The van der Waals surface area contributed by atoms with Crippen molar-refractivity contribution in [2.24, 2.45) is 0 Å². The van der Waals surface area contributed by atoms with Crippen LogP contribution in [-0.4, -0.2) is 4.98 Å². The van der Waals surface area contributed by atoms with Crippen molar-refractivity contribution < 1.29 is 13.2 Å². The van der Waals surface area contributed by atoms with Crippen molar-refractivity contribution in [1.29, 1.82) is 0 Å². The zero-order chi connectivity index (χ0) is 13.3. The Labute approximate surface area is 111 Å². The van der Waals surface area contributed by atoms with E-state index in [4.69, 9.17) is 23.2 Å². The minimum Gasteiger partial charge on any atom is -0.255 e. The Balaban J connectivity index is 2.44. The van der Waals surface area contributed by atoms with E-state index >= 15 is 0 Å². The third-order valence-electron chi connectivity index (χ3n) is 2.23. The van der Waals surface area contributed by atoms with Gasteiger partial charge in [-0.2, -0.15) is 13.2 Å². The molecule has 0 amide bonds. The first-order chi connectivity index (χ1) is 8.39. The van der Waals surface area contributed by atoms with E-state index in [0.29, 0.717) is 16.3 Å². The average Bonchev–Trinajstić information content (AvgIpc) is 2.32. The number of aromatic nitrogens is 1. The molecule has 1 heterocycles. The summed E-state index contributed by atoms with van der Waals surface area (Å²) < 4.78 is 37.1. The topological polar surface area (TPSA) is 12.9 Å². The molecule has 93 valence electrons. The van der Waals surface area contributed by atoms with Crippen LogP contribution >= 0.6 is 23.2 Å². The molecule has 0 bridgehead atoms. The molecule has 0 aliphatic rings. The van der Waals surface area contributed by atoms with E-state index < -0.39 is 11.7 Å². The van der Waals surface area contributed by atoms with Crippen LogP contribution in [0.3, 0.4) is 0 Å².